The van der Waals surface area contributed by atoms with Gasteiger partial charge in [-0.15, -0.1) is 0 Å². The van der Waals surface area contributed by atoms with Gasteiger partial charge in [0.2, 0.25) is 0 Å². The molecule has 0 aromatic carbocycles. The van der Waals surface area contributed by atoms with Crippen LogP contribution in [-0.4, -0.2) is 23.8 Å². The Morgan fingerprint density at radius 1 is 1.00 bits per heavy atom. The van der Waals surface area contributed by atoms with Gasteiger partial charge in [0, 0.05) is 12.6 Å². The van der Waals surface area contributed by atoms with Crippen LogP contribution in [0.2, 0.25) is 0 Å². The topological polar surface area (TPSA) is 32.3 Å². The molecule has 0 bridgehead atoms. The largest absolute Gasteiger partial charge is 0.392 e. The highest BCUT2D eigenvalue weighted by atomic mass is 16.3. The fraction of sp³-hybridized carbons (Fsp3) is 1.00. The quantitative estimate of drug-likeness (QED) is 0.606. The summed E-state index contributed by atoms with van der Waals surface area (Å²) in [5.74, 6) is 0.847. The van der Waals surface area contributed by atoms with E-state index in [1.807, 2.05) is 0 Å². The van der Waals surface area contributed by atoms with E-state index in [2.05, 4.69) is 5.32 Å². The van der Waals surface area contributed by atoms with Crippen molar-refractivity contribution in [1.29, 1.82) is 0 Å². The second kappa shape index (κ2) is 4.43. The van der Waals surface area contributed by atoms with Crippen LogP contribution < -0.4 is 5.32 Å². The first-order chi connectivity index (χ1) is 6.36. The van der Waals surface area contributed by atoms with Crippen molar-refractivity contribution >= 4 is 0 Å². The van der Waals surface area contributed by atoms with Crippen molar-refractivity contribution in [2.45, 2.75) is 57.1 Å². The molecule has 1 saturated carbocycles. The van der Waals surface area contributed by atoms with Gasteiger partial charge >= 0.3 is 0 Å². The van der Waals surface area contributed by atoms with Crippen molar-refractivity contribution in [1.82, 2.24) is 5.32 Å². The molecule has 76 valence electrons. The zero-order valence-electron chi connectivity index (χ0n) is 8.34. The number of rotatable bonds is 1. The maximum atomic E-state index is 9.44. The molecule has 0 aromatic rings. The maximum Gasteiger partial charge on any atom is 0.0679 e. The van der Waals surface area contributed by atoms with Crippen LogP contribution in [0.5, 0.6) is 0 Å². The van der Waals surface area contributed by atoms with Crippen molar-refractivity contribution in [3.05, 3.63) is 0 Å². The van der Waals surface area contributed by atoms with Gasteiger partial charge in [0.1, 0.15) is 0 Å². The standard InChI is InChI=1S/C11H21NO/c13-10-7-11(12-8-10)9-5-3-1-2-4-6-9/h9-13H,1-8H2. The predicted molar refractivity (Wildman–Crippen MR) is 53.6 cm³/mol. The van der Waals surface area contributed by atoms with Crippen LogP contribution >= 0.6 is 0 Å². The second-order valence-electron chi connectivity index (χ2n) is 4.66. The molecular formula is C11H21NO. The molecule has 2 fully saturated rings. The minimum atomic E-state index is -0.0757. The number of aliphatic hydroxyl groups excluding tert-OH is 1. The van der Waals surface area contributed by atoms with Crippen LogP contribution in [0.4, 0.5) is 0 Å². The molecule has 0 amide bonds. The summed E-state index contributed by atoms with van der Waals surface area (Å²) in [6.07, 6.45) is 9.32. The van der Waals surface area contributed by atoms with E-state index < -0.39 is 0 Å². The molecule has 2 N–H and O–H groups in total. The lowest BCUT2D eigenvalue weighted by Crippen LogP contribution is -2.30. The third-order valence-electron chi connectivity index (χ3n) is 3.61. The fourth-order valence-corrected chi connectivity index (χ4v) is 2.82. The van der Waals surface area contributed by atoms with E-state index >= 15 is 0 Å². The predicted octanol–water partition coefficient (Wildman–Crippen LogP) is 1.68. The molecule has 1 aliphatic carbocycles. The molecule has 2 nitrogen and oxygen atoms in total. The van der Waals surface area contributed by atoms with Crippen LogP contribution in [0.15, 0.2) is 0 Å². The Kier molecular flexibility index (Phi) is 3.23. The Hall–Kier alpha value is -0.0800. The molecule has 0 aromatic heterocycles. The molecule has 1 saturated heterocycles. The Bertz CT molecular complexity index is 152. The fourth-order valence-electron chi connectivity index (χ4n) is 2.82. The number of hydrogen-bond donors (Lipinski definition) is 2. The molecule has 2 heteroatoms. The van der Waals surface area contributed by atoms with Crippen LogP contribution in [-0.2, 0) is 0 Å². The van der Waals surface area contributed by atoms with Gasteiger partial charge in [0.25, 0.3) is 0 Å². The van der Waals surface area contributed by atoms with E-state index in [0.29, 0.717) is 6.04 Å². The average molecular weight is 183 g/mol. The van der Waals surface area contributed by atoms with E-state index in [1.54, 1.807) is 0 Å². The summed E-state index contributed by atoms with van der Waals surface area (Å²) in [6.45, 7) is 0.821. The van der Waals surface area contributed by atoms with Gasteiger partial charge in [0.05, 0.1) is 6.10 Å². The smallest absolute Gasteiger partial charge is 0.0679 e. The Morgan fingerprint density at radius 3 is 2.23 bits per heavy atom. The van der Waals surface area contributed by atoms with Gasteiger partial charge in [-0.05, 0) is 25.2 Å². The summed E-state index contributed by atoms with van der Waals surface area (Å²) < 4.78 is 0. The Balaban J connectivity index is 1.84. The van der Waals surface area contributed by atoms with Gasteiger partial charge in [-0.1, -0.05) is 25.7 Å². The summed E-state index contributed by atoms with van der Waals surface area (Å²) in [5.41, 5.74) is 0. The van der Waals surface area contributed by atoms with E-state index in [4.69, 9.17) is 0 Å². The average Bonchev–Trinajstić information content (AvgIpc) is 2.43. The number of nitrogens with one attached hydrogen (secondary N) is 1. The van der Waals surface area contributed by atoms with E-state index in [9.17, 15) is 5.11 Å². The lowest BCUT2D eigenvalue weighted by Gasteiger charge is -2.21. The number of β-amino-alcohol motifs (C(OH)–C–C–N with tert-alkyl or cyclic N) is 1. The van der Waals surface area contributed by atoms with E-state index in [1.165, 1.54) is 38.5 Å². The van der Waals surface area contributed by atoms with E-state index in [-0.39, 0.29) is 6.10 Å². The van der Waals surface area contributed by atoms with E-state index in [0.717, 1.165) is 18.9 Å². The molecule has 1 aliphatic heterocycles. The lowest BCUT2D eigenvalue weighted by molar-refractivity contribution is 0.188. The zero-order chi connectivity index (χ0) is 9.10. The lowest BCUT2D eigenvalue weighted by atomic mass is 9.91. The zero-order valence-corrected chi connectivity index (χ0v) is 8.34. The summed E-state index contributed by atoms with van der Waals surface area (Å²) in [5, 5.41) is 12.9. The first kappa shape index (κ1) is 9.47. The van der Waals surface area contributed by atoms with Crippen molar-refractivity contribution in [2.75, 3.05) is 6.54 Å². The third kappa shape index (κ3) is 2.44. The molecule has 1 heterocycles. The molecule has 0 radical (unpaired) electrons. The minimum Gasteiger partial charge on any atom is -0.392 e. The summed E-state index contributed by atoms with van der Waals surface area (Å²) in [4.78, 5) is 0. The van der Waals surface area contributed by atoms with Gasteiger partial charge in [-0.2, -0.15) is 0 Å². The van der Waals surface area contributed by atoms with Gasteiger partial charge in [-0.3, -0.25) is 0 Å². The Morgan fingerprint density at radius 2 is 1.69 bits per heavy atom. The van der Waals surface area contributed by atoms with Gasteiger partial charge in [0.15, 0.2) is 0 Å². The molecule has 0 spiro atoms. The van der Waals surface area contributed by atoms with Crippen LogP contribution in [0.1, 0.15) is 44.9 Å². The normalized spacial score (nSPS) is 37.6. The highest BCUT2D eigenvalue weighted by Crippen LogP contribution is 2.28. The summed E-state index contributed by atoms with van der Waals surface area (Å²) in [7, 11) is 0. The minimum absolute atomic E-state index is 0.0757. The first-order valence-corrected chi connectivity index (χ1v) is 5.78. The molecule has 2 atom stereocenters. The van der Waals surface area contributed by atoms with Crippen molar-refractivity contribution in [2.24, 2.45) is 5.92 Å². The summed E-state index contributed by atoms with van der Waals surface area (Å²) >= 11 is 0. The monoisotopic (exact) mass is 183 g/mol. The van der Waals surface area contributed by atoms with Crippen molar-refractivity contribution < 1.29 is 5.11 Å². The SMILES string of the molecule is OC1CNC(C2CCCCCC2)C1. The second-order valence-corrected chi connectivity index (χ2v) is 4.66. The number of aliphatic hydroxyl groups is 1. The van der Waals surface area contributed by atoms with Crippen LogP contribution in [0.3, 0.4) is 0 Å². The highest BCUT2D eigenvalue weighted by Gasteiger charge is 2.29. The number of hydrogen-bond acceptors (Lipinski definition) is 2. The van der Waals surface area contributed by atoms with Gasteiger partial charge < -0.3 is 10.4 Å². The van der Waals surface area contributed by atoms with Crippen molar-refractivity contribution in [3.8, 4) is 0 Å². The molecular weight excluding hydrogens is 162 g/mol. The summed E-state index contributed by atoms with van der Waals surface area (Å²) in [6, 6.07) is 0.619. The maximum absolute atomic E-state index is 9.44. The highest BCUT2D eigenvalue weighted by molar-refractivity contribution is 4.87. The molecule has 2 aliphatic rings. The third-order valence-corrected chi connectivity index (χ3v) is 3.61. The molecule has 13 heavy (non-hydrogen) atoms. The Labute approximate surface area is 80.7 Å². The van der Waals surface area contributed by atoms with Gasteiger partial charge in [-0.25, -0.2) is 0 Å². The van der Waals surface area contributed by atoms with Crippen LogP contribution in [0.25, 0.3) is 0 Å². The van der Waals surface area contributed by atoms with Crippen LogP contribution in [0, 0.1) is 5.92 Å². The first-order valence-electron chi connectivity index (χ1n) is 5.78. The molecule has 2 rings (SSSR count). The van der Waals surface area contributed by atoms with Crippen molar-refractivity contribution in [3.63, 3.8) is 0 Å². The molecule has 2 unspecified atom stereocenters.